The summed E-state index contributed by atoms with van der Waals surface area (Å²) in [6.07, 6.45) is 68.8. The number of carbonyl (C=O) groups is 2. The summed E-state index contributed by atoms with van der Waals surface area (Å²) in [4.78, 5) is 24.5. The van der Waals surface area contributed by atoms with Crippen LogP contribution < -0.4 is 5.32 Å². The molecule has 0 saturated carbocycles. The number of carbonyl (C=O) groups excluding carboxylic acids is 2. The number of nitrogens with one attached hydrogen (secondary N) is 1. The van der Waals surface area contributed by atoms with Crippen molar-refractivity contribution in [1.29, 1.82) is 0 Å². The second-order valence-electron chi connectivity index (χ2n) is 20.0. The Bertz CT molecular complexity index is 1070. The quantitative estimate of drug-likeness (QED) is 0.0321. The van der Waals surface area contributed by atoms with Crippen molar-refractivity contribution in [3.63, 3.8) is 0 Å². The lowest BCUT2D eigenvalue weighted by Crippen LogP contribution is -2.45. The summed E-state index contributed by atoms with van der Waals surface area (Å²) in [6.45, 7) is 4.87. The topological polar surface area (TPSA) is 95.9 Å². The highest BCUT2D eigenvalue weighted by Gasteiger charge is 2.18. The maximum Gasteiger partial charge on any atom is 0.305 e. The molecule has 66 heavy (non-hydrogen) atoms. The summed E-state index contributed by atoms with van der Waals surface area (Å²) in [7, 11) is 0. The summed E-state index contributed by atoms with van der Waals surface area (Å²) >= 11 is 0. The summed E-state index contributed by atoms with van der Waals surface area (Å²) < 4.78 is 5.46. The van der Waals surface area contributed by atoms with Crippen molar-refractivity contribution >= 4 is 11.9 Å². The van der Waals surface area contributed by atoms with E-state index in [4.69, 9.17) is 4.74 Å². The molecule has 0 aliphatic heterocycles. The molecule has 388 valence electrons. The Morgan fingerprint density at radius 1 is 0.409 bits per heavy atom. The van der Waals surface area contributed by atoms with E-state index in [0.717, 1.165) is 70.6 Å². The molecule has 0 fully saturated rings. The molecule has 6 heteroatoms. The van der Waals surface area contributed by atoms with Crippen LogP contribution in [0.4, 0.5) is 0 Å². The van der Waals surface area contributed by atoms with Gasteiger partial charge < -0.3 is 20.3 Å². The van der Waals surface area contributed by atoms with E-state index in [2.05, 4.69) is 43.5 Å². The summed E-state index contributed by atoms with van der Waals surface area (Å²) in [5, 5.41) is 23.1. The number of hydrogen-bond acceptors (Lipinski definition) is 5. The number of unbranched alkanes of at least 4 members (excludes halogenated alkanes) is 39. The number of aliphatic hydroxyl groups is 2. The lowest BCUT2D eigenvalue weighted by Gasteiger charge is -2.19. The van der Waals surface area contributed by atoms with Crippen LogP contribution >= 0.6 is 0 Å². The second kappa shape index (κ2) is 55.7. The molecule has 0 aliphatic carbocycles. The third kappa shape index (κ3) is 51.5. The standard InChI is InChI=1S/C60H113NO5/c1-3-5-7-9-11-13-15-17-19-21-22-23-24-25-28-32-36-40-44-48-52-58(63)57(56-62)61-59(64)53-49-45-41-37-33-29-27-31-35-39-43-47-51-55-66-60(65)54-50-46-42-38-34-30-26-20-18-16-14-12-10-8-6-4-2/h20,26,29,33,48,52,57-58,62-63H,3-19,21-25,27-28,30-32,34-47,49-51,53-56H2,1-2H3,(H,61,64)/b26-20-,33-29-,52-48+. The fourth-order valence-electron chi connectivity index (χ4n) is 8.86. The zero-order chi connectivity index (χ0) is 47.9. The number of esters is 1. The molecule has 0 spiro atoms. The minimum Gasteiger partial charge on any atom is -0.466 e. The zero-order valence-corrected chi connectivity index (χ0v) is 44.2. The van der Waals surface area contributed by atoms with E-state index in [1.54, 1.807) is 6.08 Å². The van der Waals surface area contributed by atoms with Gasteiger partial charge in [-0.1, -0.05) is 249 Å². The molecular weight excluding hydrogens is 815 g/mol. The number of hydrogen-bond donors (Lipinski definition) is 3. The van der Waals surface area contributed by atoms with Gasteiger partial charge in [-0.2, -0.15) is 0 Å². The highest BCUT2D eigenvalue weighted by molar-refractivity contribution is 5.76. The summed E-state index contributed by atoms with van der Waals surface area (Å²) in [5.74, 6) is -0.118. The van der Waals surface area contributed by atoms with Gasteiger partial charge in [0.1, 0.15) is 0 Å². The highest BCUT2D eigenvalue weighted by Crippen LogP contribution is 2.16. The van der Waals surface area contributed by atoms with Gasteiger partial charge >= 0.3 is 5.97 Å². The molecule has 0 aliphatic rings. The molecule has 6 nitrogen and oxygen atoms in total. The van der Waals surface area contributed by atoms with Gasteiger partial charge in [0, 0.05) is 12.8 Å². The van der Waals surface area contributed by atoms with Crippen LogP contribution in [0.1, 0.15) is 309 Å². The maximum atomic E-state index is 12.5. The van der Waals surface area contributed by atoms with E-state index in [-0.39, 0.29) is 18.5 Å². The van der Waals surface area contributed by atoms with E-state index < -0.39 is 12.1 Å². The molecule has 0 aromatic carbocycles. The molecule has 1 amide bonds. The largest absolute Gasteiger partial charge is 0.466 e. The predicted octanol–water partition coefficient (Wildman–Crippen LogP) is 18.0. The van der Waals surface area contributed by atoms with Crippen LogP contribution in [-0.4, -0.2) is 47.4 Å². The van der Waals surface area contributed by atoms with E-state index >= 15 is 0 Å². The Morgan fingerprint density at radius 3 is 1.09 bits per heavy atom. The van der Waals surface area contributed by atoms with Crippen LogP contribution in [-0.2, 0) is 14.3 Å². The molecular formula is C60H113NO5. The normalized spacial score (nSPS) is 12.8. The predicted molar refractivity (Wildman–Crippen MR) is 287 cm³/mol. The van der Waals surface area contributed by atoms with Crippen molar-refractivity contribution < 1.29 is 24.5 Å². The Kier molecular flexibility index (Phi) is 54.1. The number of rotatable bonds is 54. The zero-order valence-electron chi connectivity index (χ0n) is 44.2. The van der Waals surface area contributed by atoms with Crippen LogP contribution in [0, 0.1) is 0 Å². The maximum absolute atomic E-state index is 12.5. The molecule has 2 atom stereocenters. The lowest BCUT2D eigenvalue weighted by atomic mass is 10.0. The summed E-state index contributed by atoms with van der Waals surface area (Å²) in [5.41, 5.74) is 0. The van der Waals surface area contributed by atoms with Crippen LogP contribution in [0.15, 0.2) is 36.5 Å². The molecule has 2 unspecified atom stereocenters. The molecule has 0 rings (SSSR count). The Balaban J connectivity index is 3.53. The van der Waals surface area contributed by atoms with Crippen LogP contribution in [0.3, 0.4) is 0 Å². The van der Waals surface area contributed by atoms with Gasteiger partial charge in [-0.3, -0.25) is 9.59 Å². The van der Waals surface area contributed by atoms with Crippen molar-refractivity contribution in [3.8, 4) is 0 Å². The van der Waals surface area contributed by atoms with E-state index in [1.807, 2.05) is 6.08 Å². The van der Waals surface area contributed by atoms with Gasteiger partial charge in [0.2, 0.25) is 5.91 Å². The first-order valence-electron chi connectivity index (χ1n) is 29.3. The summed E-state index contributed by atoms with van der Waals surface area (Å²) in [6, 6.07) is -0.649. The minimum atomic E-state index is -0.863. The monoisotopic (exact) mass is 928 g/mol. The number of ether oxygens (including phenoxy) is 1. The van der Waals surface area contributed by atoms with Crippen molar-refractivity contribution in [3.05, 3.63) is 36.5 Å². The Morgan fingerprint density at radius 2 is 0.712 bits per heavy atom. The van der Waals surface area contributed by atoms with Crippen molar-refractivity contribution in [2.75, 3.05) is 13.2 Å². The van der Waals surface area contributed by atoms with Gasteiger partial charge in [0.25, 0.3) is 0 Å². The SMILES string of the molecule is CCCCCCCCC/C=C\CCCCCCCC(=O)OCCCCCCCC/C=C\CCCCCC(=O)NC(CO)C(O)/C=C/CCCCCCCCCCCCCCCCCCCC. The van der Waals surface area contributed by atoms with Gasteiger partial charge in [0.05, 0.1) is 25.4 Å². The molecule has 0 aromatic rings. The third-order valence-corrected chi connectivity index (χ3v) is 13.4. The van der Waals surface area contributed by atoms with Crippen LogP contribution in [0.25, 0.3) is 0 Å². The van der Waals surface area contributed by atoms with Gasteiger partial charge in [0.15, 0.2) is 0 Å². The first-order chi connectivity index (χ1) is 32.5. The fourth-order valence-corrected chi connectivity index (χ4v) is 8.86. The minimum absolute atomic E-state index is 0.0213. The number of aliphatic hydroxyl groups excluding tert-OH is 2. The molecule has 0 heterocycles. The van der Waals surface area contributed by atoms with Gasteiger partial charge in [-0.05, 0) is 83.5 Å². The first kappa shape index (κ1) is 64.1. The first-order valence-corrected chi connectivity index (χ1v) is 29.3. The average Bonchev–Trinajstić information content (AvgIpc) is 3.32. The van der Waals surface area contributed by atoms with E-state index in [1.165, 1.54) is 212 Å². The number of amides is 1. The molecule has 0 bridgehead atoms. The Labute approximate surface area is 411 Å². The van der Waals surface area contributed by atoms with Crippen molar-refractivity contribution in [2.24, 2.45) is 0 Å². The van der Waals surface area contributed by atoms with E-state index in [0.29, 0.717) is 19.4 Å². The molecule has 3 N–H and O–H groups in total. The van der Waals surface area contributed by atoms with Crippen LogP contribution in [0.2, 0.25) is 0 Å². The highest BCUT2D eigenvalue weighted by atomic mass is 16.5. The van der Waals surface area contributed by atoms with Gasteiger partial charge in [-0.25, -0.2) is 0 Å². The lowest BCUT2D eigenvalue weighted by molar-refractivity contribution is -0.143. The van der Waals surface area contributed by atoms with E-state index in [9.17, 15) is 19.8 Å². The van der Waals surface area contributed by atoms with Gasteiger partial charge in [-0.15, -0.1) is 0 Å². The molecule has 0 aromatic heterocycles. The van der Waals surface area contributed by atoms with Crippen LogP contribution in [0.5, 0.6) is 0 Å². The molecule has 0 radical (unpaired) electrons. The average molecular weight is 929 g/mol. The number of allylic oxidation sites excluding steroid dienone is 5. The van der Waals surface area contributed by atoms with Crippen molar-refractivity contribution in [2.45, 2.75) is 321 Å². The fraction of sp³-hybridized carbons (Fsp3) is 0.867. The molecule has 0 saturated heterocycles. The smallest absolute Gasteiger partial charge is 0.305 e. The Hall–Kier alpha value is -1.92. The third-order valence-electron chi connectivity index (χ3n) is 13.4. The second-order valence-corrected chi connectivity index (χ2v) is 20.0. The van der Waals surface area contributed by atoms with Crippen molar-refractivity contribution in [1.82, 2.24) is 5.32 Å².